The lowest BCUT2D eigenvalue weighted by atomic mass is 9.48. The van der Waals surface area contributed by atoms with E-state index < -0.39 is 52.3 Å². The summed E-state index contributed by atoms with van der Waals surface area (Å²) in [5.74, 6) is -5.25. The zero-order valence-corrected chi connectivity index (χ0v) is 14.1. The fourth-order valence-electron chi connectivity index (χ4n) is 5.15. The first-order chi connectivity index (χ1) is 11.4. The Morgan fingerprint density at radius 1 is 1.20 bits per heavy atom. The molecule has 3 atom stereocenters. The number of alkyl halides is 4. The van der Waals surface area contributed by atoms with Crippen LogP contribution in [-0.2, 0) is 20.6 Å². The summed E-state index contributed by atoms with van der Waals surface area (Å²) >= 11 is -4.28. The SMILES string of the molecule is O=C(OCCC(F)(F)C(F)(F)S(=O)[O-])C12CC3CC(CC(O)(C3)C1)C2. The second-order valence-electron chi connectivity index (χ2n) is 7.81. The van der Waals surface area contributed by atoms with Crippen LogP contribution in [-0.4, -0.2) is 43.2 Å². The summed E-state index contributed by atoms with van der Waals surface area (Å²) < 4.78 is 78.0. The van der Waals surface area contributed by atoms with E-state index in [0.29, 0.717) is 25.7 Å². The molecule has 4 aliphatic carbocycles. The minimum absolute atomic E-state index is 0.174. The summed E-state index contributed by atoms with van der Waals surface area (Å²) in [4.78, 5) is 12.4. The van der Waals surface area contributed by atoms with Crippen molar-refractivity contribution in [3.05, 3.63) is 0 Å². The number of carbonyl (C=O) groups is 1. The average Bonchev–Trinajstić information content (AvgIpc) is 2.43. The maximum atomic E-state index is 13.4. The van der Waals surface area contributed by atoms with Crippen LogP contribution in [0.15, 0.2) is 0 Å². The molecule has 4 rings (SSSR count). The van der Waals surface area contributed by atoms with Crippen LogP contribution in [0.4, 0.5) is 17.6 Å². The van der Waals surface area contributed by atoms with Gasteiger partial charge in [-0.25, -0.2) is 0 Å². The summed E-state index contributed by atoms with van der Waals surface area (Å²) in [6.07, 6.45) is 1.74. The lowest BCUT2D eigenvalue weighted by Crippen LogP contribution is -2.58. The highest BCUT2D eigenvalue weighted by Gasteiger charge is 2.61. The van der Waals surface area contributed by atoms with E-state index in [0.717, 1.165) is 6.42 Å². The Morgan fingerprint density at radius 3 is 2.24 bits per heavy atom. The highest BCUT2D eigenvalue weighted by atomic mass is 32.2. The average molecular weight is 387 g/mol. The van der Waals surface area contributed by atoms with Crippen LogP contribution < -0.4 is 0 Å². The molecule has 4 saturated carbocycles. The van der Waals surface area contributed by atoms with Gasteiger partial charge in [0, 0.05) is 11.1 Å². The fraction of sp³-hybridized carbons (Fsp3) is 0.933. The number of hydrogen-bond donors (Lipinski definition) is 1. The van der Waals surface area contributed by atoms with Crippen LogP contribution in [0.25, 0.3) is 0 Å². The fourth-order valence-corrected chi connectivity index (χ4v) is 5.49. The third-order valence-electron chi connectivity index (χ3n) is 5.75. The molecule has 4 aliphatic rings. The van der Waals surface area contributed by atoms with Crippen molar-refractivity contribution >= 4 is 17.0 Å². The molecule has 0 aromatic heterocycles. The Balaban J connectivity index is 1.61. The van der Waals surface area contributed by atoms with Crippen LogP contribution in [0.1, 0.15) is 44.9 Å². The van der Waals surface area contributed by atoms with Gasteiger partial charge in [0.1, 0.15) is 0 Å². The zero-order valence-electron chi connectivity index (χ0n) is 13.3. The van der Waals surface area contributed by atoms with E-state index in [-0.39, 0.29) is 18.3 Å². The zero-order chi connectivity index (χ0) is 18.7. The van der Waals surface area contributed by atoms with Crippen molar-refractivity contribution < 1.29 is 41.0 Å². The van der Waals surface area contributed by atoms with E-state index in [1.807, 2.05) is 0 Å². The molecule has 0 radical (unpaired) electrons. The van der Waals surface area contributed by atoms with Gasteiger partial charge in [-0.3, -0.25) is 9.00 Å². The van der Waals surface area contributed by atoms with E-state index in [4.69, 9.17) is 4.74 Å². The molecule has 0 aromatic carbocycles. The Labute approximate surface area is 144 Å². The van der Waals surface area contributed by atoms with Crippen molar-refractivity contribution in [1.29, 1.82) is 0 Å². The molecule has 0 aliphatic heterocycles. The van der Waals surface area contributed by atoms with E-state index in [9.17, 15) is 36.2 Å². The largest absolute Gasteiger partial charge is 0.768 e. The van der Waals surface area contributed by atoms with Gasteiger partial charge in [-0.2, -0.15) is 17.6 Å². The van der Waals surface area contributed by atoms with Gasteiger partial charge in [-0.1, -0.05) is 0 Å². The lowest BCUT2D eigenvalue weighted by Gasteiger charge is -2.58. The number of aliphatic hydroxyl groups is 1. The smallest absolute Gasteiger partial charge is 0.371 e. The summed E-state index contributed by atoms with van der Waals surface area (Å²) in [7, 11) is 0. The molecule has 0 amide bonds. The molecule has 0 spiro atoms. The molecule has 3 unspecified atom stereocenters. The van der Waals surface area contributed by atoms with Crippen molar-refractivity contribution in [2.75, 3.05) is 6.61 Å². The Kier molecular flexibility index (Phi) is 4.48. The highest BCUT2D eigenvalue weighted by Crippen LogP contribution is 2.62. The molecule has 144 valence electrons. The molecule has 25 heavy (non-hydrogen) atoms. The molecule has 0 aromatic rings. The predicted molar refractivity (Wildman–Crippen MR) is 76.5 cm³/mol. The van der Waals surface area contributed by atoms with Crippen molar-refractivity contribution in [2.45, 2.75) is 61.7 Å². The number of hydrogen-bond acceptors (Lipinski definition) is 5. The number of carbonyl (C=O) groups excluding carboxylic acids is 1. The number of rotatable bonds is 6. The van der Waals surface area contributed by atoms with E-state index >= 15 is 0 Å². The quantitative estimate of drug-likeness (QED) is 0.430. The topological polar surface area (TPSA) is 86.7 Å². The predicted octanol–water partition coefficient (Wildman–Crippen LogP) is 2.36. The lowest BCUT2D eigenvalue weighted by molar-refractivity contribution is -0.201. The first kappa shape index (κ1) is 19.0. The standard InChI is InChI=1S/C15H20F4O5S/c16-14(17,15(18,19)25(22)23)1-2-24-11(20)12-4-9-3-10(5-12)7-13(21,6-9)8-12/h9-10,21H,1-8H2,(H,22,23)/p-1. The van der Waals surface area contributed by atoms with Crippen LogP contribution in [0.2, 0.25) is 0 Å². The van der Waals surface area contributed by atoms with Gasteiger partial charge >= 0.3 is 17.1 Å². The minimum Gasteiger partial charge on any atom is -0.768 e. The maximum absolute atomic E-state index is 13.4. The first-order valence-corrected chi connectivity index (χ1v) is 9.21. The third kappa shape index (κ3) is 3.21. The molecular formula is C15H19F4O5S-. The van der Waals surface area contributed by atoms with E-state index in [2.05, 4.69) is 0 Å². The molecular weight excluding hydrogens is 368 g/mol. The molecule has 0 heterocycles. The molecule has 4 fully saturated rings. The van der Waals surface area contributed by atoms with Gasteiger partial charge < -0.3 is 14.4 Å². The number of ether oxygens (including phenoxy) is 1. The van der Waals surface area contributed by atoms with E-state index in [1.165, 1.54) is 0 Å². The summed E-state index contributed by atoms with van der Waals surface area (Å²) in [6, 6.07) is 0. The summed E-state index contributed by atoms with van der Waals surface area (Å²) in [5, 5.41) is 5.32. The van der Waals surface area contributed by atoms with Crippen molar-refractivity contribution in [1.82, 2.24) is 0 Å². The monoisotopic (exact) mass is 387 g/mol. The van der Waals surface area contributed by atoms with Crippen LogP contribution in [0.3, 0.4) is 0 Å². The van der Waals surface area contributed by atoms with Gasteiger partial charge in [-0.15, -0.1) is 0 Å². The van der Waals surface area contributed by atoms with Crippen molar-refractivity contribution in [3.8, 4) is 0 Å². The highest BCUT2D eigenvalue weighted by molar-refractivity contribution is 7.80. The summed E-state index contributed by atoms with van der Waals surface area (Å²) in [6.45, 7) is -1.01. The van der Waals surface area contributed by atoms with Gasteiger partial charge in [0.15, 0.2) is 0 Å². The maximum Gasteiger partial charge on any atom is 0.371 e. The minimum atomic E-state index is -5.23. The number of halogens is 4. The van der Waals surface area contributed by atoms with Crippen molar-refractivity contribution in [3.63, 3.8) is 0 Å². The van der Waals surface area contributed by atoms with Gasteiger partial charge in [0.2, 0.25) is 0 Å². The van der Waals surface area contributed by atoms with Gasteiger partial charge in [0.25, 0.3) is 0 Å². The molecule has 4 bridgehead atoms. The van der Waals surface area contributed by atoms with Crippen LogP contribution >= 0.6 is 0 Å². The van der Waals surface area contributed by atoms with Crippen LogP contribution in [0.5, 0.6) is 0 Å². The molecule has 10 heteroatoms. The number of esters is 1. The van der Waals surface area contributed by atoms with Crippen molar-refractivity contribution in [2.24, 2.45) is 17.3 Å². The molecule has 1 N–H and O–H groups in total. The Morgan fingerprint density at radius 2 is 1.76 bits per heavy atom. The second-order valence-corrected chi connectivity index (χ2v) is 8.79. The van der Waals surface area contributed by atoms with Gasteiger partial charge in [0.05, 0.1) is 24.0 Å². The Bertz CT molecular complexity index is 582. The second kappa shape index (κ2) is 5.88. The Hall–Kier alpha value is -0.740. The third-order valence-corrected chi connectivity index (χ3v) is 6.46. The summed E-state index contributed by atoms with van der Waals surface area (Å²) in [5.41, 5.74) is -1.89. The van der Waals surface area contributed by atoms with Crippen LogP contribution in [0, 0.1) is 17.3 Å². The normalized spacial score (nSPS) is 38.6. The molecule has 0 saturated heterocycles. The molecule has 5 nitrogen and oxygen atoms in total. The van der Waals surface area contributed by atoms with E-state index in [1.54, 1.807) is 0 Å². The van der Waals surface area contributed by atoms with Gasteiger partial charge in [-0.05, 0) is 50.4 Å². The first-order valence-electron chi connectivity index (χ1n) is 8.14.